The normalized spacial score (nSPS) is 11.1. The molecular weight excluding hydrogens is 370 g/mol. The van der Waals surface area contributed by atoms with Crippen molar-refractivity contribution in [2.24, 2.45) is 0 Å². The van der Waals surface area contributed by atoms with Crippen LogP contribution in [0.15, 0.2) is 66.7 Å². The molecule has 4 aromatic rings. The van der Waals surface area contributed by atoms with Gasteiger partial charge in [0.25, 0.3) is 0 Å². The molecule has 0 amide bonds. The zero-order chi connectivity index (χ0) is 21.7. The molecule has 0 radical (unpaired) electrons. The maximum atomic E-state index is 10.4. The molecule has 0 bridgehead atoms. The van der Waals surface area contributed by atoms with Crippen molar-refractivity contribution in [1.82, 2.24) is 4.90 Å². The lowest BCUT2D eigenvalue weighted by atomic mass is 9.92. The Morgan fingerprint density at radius 1 is 0.867 bits per heavy atom. The Morgan fingerprint density at radius 3 is 1.97 bits per heavy atom. The van der Waals surface area contributed by atoms with E-state index in [0.29, 0.717) is 12.2 Å². The lowest BCUT2D eigenvalue weighted by molar-refractivity contribution is -0.138. The second-order valence-electron chi connectivity index (χ2n) is 7.54. The summed E-state index contributed by atoms with van der Waals surface area (Å²) in [5.41, 5.74) is 1.89. The van der Waals surface area contributed by atoms with E-state index < -0.39 is 0 Å². The van der Waals surface area contributed by atoms with Gasteiger partial charge >= 0.3 is 5.97 Å². The number of hydrogen-bond donors (Lipinski definition) is 0. The number of esters is 1. The van der Waals surface area contributed by atoms with Crippen LogP contribution in [0, 0.1) is 0 Å². The summed E-state index contributed by atoms with van der Waals surface area (Å²) in [6.45, 7) is 14.9. The van der Waals surface area contributed by atoms with E-state index in [2.05, 4.69) is 84.7 Å². The summed E-state index contributed by atoms with van der Waals surface area (Å²) in [7, 11) is 0. The van der Waals surface area contributed by atoms with Crippen LogP contribution in [0.5, 0.6) is 0 Å². The molecule has 0 aliphatic carbocycles. The predicted octanol–water partition coefficient (Wildman–Crippen LogP) is 6.55. The maximum Gasteiger partial charge on any atom is 0.333 e. The number of rotatable bonds is 6. The van der Waals surface area contributed by atoms with Crippen LogP contribution in [-0.4, -0.2) is 30.6 Å². The minimum absolute atomic E-state index is 0.312. The van der Waals surface area contributed by atoms with Crippen molar-refractivity contribution < 1.29 is 9.53 Å². The molecule has 0 aromatic heterocycles. The van der Waals surface area contributed by atoms with Crippen molar-refractivity contribution in [3.8, 4) is 0 Å². The van der Waals surface area contributed by atoms with Crippen molar-refractivity contribution in [2.45, 2.75) is 34.2 Å². The number of ether oxygens (including phenoxy) is 1. The molecule has 4 aromatic carbocycles. The van der Waals surface area contributed by atoms with E-state index in [9.17, 15) is 4.79 Å². The Kier molecular flexibility index (Phi) is 7.07. The molecule has 0 saturated carbocycles. The van der Waals surface area contributed by atoms with Gasteiger partial charge in [0.15, 0.2) is 0 Å². The quantitative estimate of drug-likeness (QED) is 0.208. The molecule has 3 heteroatoms. The first kappa shape index (κ1) is 21.8. The molecule has 0 N–H and O–H groups in total. The summed E-state index contributed by atoms with van der Waals surface area (Å²) in [5, 5.41) is 8.29. The first-order valence-electron chi connectivity index (χ1n) is 10.7. The summed E-state index contributed by atoms with van der Waals surface area (Å²) in [4.78, 5) is 12.9. The lowest BCUT2D eigenvalue weighted by Crippen LogP contribution is -2.22. The molecule has 0 saturated heterocycles. The first-order chi connectivity index (χ1) is 14.5. The van der Waals surface area contributed by atoms with Gasteiger partial charge in [-0.2, -0.15) is 0 Å². The largest absolute Gasteiger partial charge is 0.463 e. The van der Waals surface area contributed by atoms with Crippen LogP contribution in [-0.2, 0) is 16.1 Å². The Balaban J connectivity index is 0.000000275. The van der Waals surface area contributed by atoms with Gasteiger partial charge in [0.2, 0.25) is 0 Å². The monoisotopic (exact) mass is 401 g/mol. The number of benzene rings is 4. The van der Waals surface area contributed by atoms with Crippen LogP contribution in [0.1, 0.15) is 33.3 Å². The molecule has 0 spiro atoms. The minimum atomic E-state index is -0.312. The summed E-state index contributed by atoms with van der Waals surface area (Å²) < 4.78 is 4.56. The molecule has 0 aliphatic rings. The van der Waals surface area contributed by atoms with Crippen molar-refractivity contribution in [2.75, 3.05) is 19.7 Å². The standard InChI is InChI=1S/C21H21N.C6H10O2/c1-3-22(4-2)14-18-11-10-17-9-8-15-6-5-7-16-12-13-19(18)21(17)20(15)16;1-4-8-6(7)5(2)3/h5-13H,3-4,14H2,1-2H3;2,4H2,1,3H3. The van der Waals surface area contributed by atoms with E-state index in [1.165, 1.54) is 37.9 Å². The molecule has 0 fully saturated rings. The zero-order valence-electron chi connectivity index (χ0n) is 18.5. The Labute approximate surface area is 179 Å². The van der Waals surface area contributed by atoms with E-state index in [-0.39, 0.29) is 5.97 Å². The van der Waals surface area contributed by atoms with Crippen LogP contribution in [0.2, 0.25) is 0 Å². The minimum Gasteiger partial charge on any atom is -0.463 e. The number of carbonyl (C=O) groups excluding carboxylic acids is 1. The van der Waals surface area contributed by atoms with Gasteiger partial charge in [-0.15, -0.1) is 0 Å². The summed E-state index contributed by atoms with van der Waals surface area (Å²) in [6, 6.07) is 20.3. The van der Waals surface area contributed by atoms with E-state index in [0.717, 1.165) is 19.6 Å². The first-order valence-corrected chi connectivity index (χ1v) is 10.7. The maximum absolute atomic E-state index is 10.4. The summed E-state index contributed by atoms with van der Waals surface area (Å²) >= 11 is 0. The van der Waals surface area contributed by atoms with Crippen LogP contribution in [0.25, 0.3) is 32.3 Å². The average Bonchev–Trinajstić information content (AvgIpc) is 2.77. The van der Waals surface area contributed by atoms with Gasteiger partial charge in [0.1, 0.15) is 0 Å². The number of carbonyl (C=O) groups is 1. The summed E-state index contributed by atoms with van der Waals surface area (Å²) in [5.74, 6) is -0.312. The van der Waals surface area contributed by atoms with Crippen molar-refractivity contribution >= 4 is 38.3 Å². The topological polar surface area (TPSA) is 29.5 Å². The fourth-order valence-electron chi connectivity index (χ4n) is 3.88. The van der Waals surface area contributed by atoms with E-state index in [4.69, 9.17) is 0 Å². The van der Waals surface area contributed by atoms with Gasteiger partial charge in [-0.05, 0) is 64.8 Å². The van der Waals surface area contributed by atoms with Crippen molar-refractivity contribution in [1.29, 1.82) is 0 Å². The molecule has 0 aliphatic heterocycles. The second kappa shape index (κ2) is 9.73. The molecule has 156 valence electrons. The SMILES string of the molecule is C=C(C)C(=O)OCC.CCN(CC)Cc1ccc2ccc3cccc4ccc1c2c34. The van der Waals surface area contributed by atoms with Gasteiger partial charge in [-0.3, -0.25) is 4.90 Å². The molecule has 0 heterocycles. The highest BCUT2D eigenvalue weighted by molar-refractivity contribution is 6.23. The van der Waals surface area contributed by atoms with Gasteiger partial charge in [0.05, 0.1) is 6.61 Å². The Hall–Kier alpha value is -2.91. The molecule has 30 heavy (non-hydrogen) atoms. The van der Waals surface area contributed by atoms with E-state index in [1.54, 1.807) is 13.8 Å². The average molecular weight is 402 g/mol. The van der Waals surface area contributed by atoms with Crippen molar-refractivity contribution in [3.63, 3.8) is 0 Å². The van der Waals surface area contributed by atoms with E-state index in [1.807, 2.05) is 0 Å². The number of nitrogens with zero attached hydrogens (tertiary/aromatic N) is 1. The highest BCUT2D eigenvalue weighted by Crippen LogP contribution is 2.36. The molecule has 3 nitrogen and oxygen atoms in total. The Morgan fingerprint density at radius 2 is 1.43 bits per heavy atom. The highest BCUT2D eigenvalue weighted by atomic mass is 16.5. The molecule has 4 rings (SSSR count). The smallest absolute Gasteiger partial charge is 0.333 e. The predicted molar refractivity (Wildman–Crippen MR) is 128 cm³/mol. The summed E-state index contributed by atoms with van der Waals surface area (Å²) in [6.07, 6.45) is 0. The molecular formula is C27H31NO2. The third-order valence-corrected chi connectivity index (χ3v) is 5.53. The number of hydrogen-bond acceptors (Lipinski definition) is 3. The van der Waals surface area contributed by atoms with Crippen LogP contribution in [0.4, 0.5) is 0 Å². The van der Waals surface area contributed by atoms with Gasteiger partial charge < -0.3 is 4.74 Å². The molecule has 0 unspecified atom stereocenters. The fraction of sp³-hybridized carbons (Fsp3) is 0.296. The second-order valence-corrected chi connectivity index (χ2v) is 7.54. The highest BCUT2D eigenvalue weighted by Gasteiger charge is 2.11. The van der Waals surface area contributed by atoms with Gasteiger partial charge in [0, 0.05) is 12.1 Å². The third-order valence-electron chi connectivity index (χ3n) is 5.53. The van der Waals surface area contributed by atoms with Gasteiger partial charge in [-0.25, -0.2) is 4.79 Å². The fourth-order valence-corrected chi connectivity index (χ4v) is 3.88. The van der Waals surface area contributed by atoms with Crippen LogP contribution >= 0.6 is 0 Å². The van der Waals surface area contributed by atoms with Crippen LogP contribution < -0.4 is 0 Å². The zero-order valence-corrected chi connectivity index (χ0v) is 18.5. The van der Waals surface area contributed by atoms with Gasteiger partial charge in [-0.1, -0.05) is 75.0 Å². The van der Waals surface area contributed by atoms with Crippen molar-refractivity contribution in [3.05, 3.63) is 72.3 Å². The van der Waals surface area contributed by atoms with E-state index >= 15 is 0 Å². The van der Waals surface area contributed by atoms with Crippen LogP contribution in [0.3, 0.4) is 0 Å². The Bertz CT molecular complexity index is 1140. The lowest BCUT2D eigenvalue weighted by Gasteiger charge is -2.20. The molecule has 0 atom stereocenters. The third kappa shape index (κ3) is 4.47.